The van der Waals surface area contributed by atoms with E-state index < -0.39 is 0 Å². The first kappa shape index (κ1) is 24.0. The minimum absolute atomic E-state index is 0. The fraction of sp³-hybridized carbons (Fsp3) is 0.650. The molecule has 1 atom stereocenters. The van der Waals surface area contributed by atoms with E-state index in [1.54, 1.807) is 7.05 Å². The first-order chi connectivity index (χ1) is 13.6. The number of pyridine rings is 1. The van der Waals surface area contributed by atoms with E-state index in [-0.39, 0.29) is 29.9 Å². The molecule has 2 aliphatic rings. The van der Waals surface area contributed by atoms with Crippen molar-refractivity contribution in [2.75, 3.05) is 57.0 Å². The topological polar surface area (TPSA) is 72.9 Å². The predicted molar refractivity (Wildman–Crippen MR) is 133 cm³/mol. The van der Waals surface area contributed by atoms with Gasteiger partial charge < -0.3 is 20.4 Å². The third-order valence-corrected chi connectivity index (χ3v) is 6.93. The monoisotopic (exact) mass is 532 g/mol. The standard InChI is InChI=1S/C20H32N6OS.HI/c1-20(8-5-15-28-20)16-24-19(21-2)23-10-7-18(27)26-13-11-25(12-14-26)17-6-3-4-9-22-17;/h3-4,6,9H,5,7-8,10-16H2,1-2H3,(H2,21,23,24);1H. The minimum atomic E-state index is 0. The number of nitrogens with zero attached hydrogens (tertiary/aromatic N) is 4. The van der Waals surface area contributed by atoms with Crippen molar-refractivity contribution in [3.05, 3.63) is 24.4 Å². The number of carbonyl (C=O) groups is 1. The molecule has 1 aromatic rings. The van der Waals surface area contributed by atoms with Gasteiger partial charge in [-0.3, -0.25) is 9.79 Å². The number of nitrogens with one attached hydrogen (secondary N) is 2. The number of anilines is 1. The Labute approximate surface area is 195 Å². The molecule has 29 heavy (non-hydrogen) atoms. The van der Waals surface area contributed by atoms with Crippen molar-refractivity contribution in [1.82, 2.24) is 20.5 Å². The lowest BCUT2D eigenvalue weighted by molar-refractivity contribution is -0.131. The molecule has 7 nitrogen and oxygen atoms in total. The molecule has 0 aromatic carbocycles. The van der Waals surface area contributed by atoms with Crippen LogP contribution in [0.5, 0.6) is 0 Å². The van der Waals surface area contributed by atoms with Gasteiger partial charge in [0.1, 0.15) is 5.82 Å². The molecule has 0 saturated carbocycles. The van der Waals surface area contributed by atoms with Crippen molar-refractivity contribution in [3.8, 4) is 0 Å². The number of guanidine groups is 1. The van der Waals surface area contributed by atoms with E-state index in [4.69, 9.17) is 0 Å². The van der Waals surface area contributed by atoms with Crippen LogP contribution in [0.15, 0.2) is 29.4 Å². The number of halogens is 1. The number of thioether (sulfide) groups is 1. The number of hydrogen-bond donors (Lipinski definition) is 2. The summed E-state index contributed by atoms with van der Waals surface area (Å²) in [4.78, 5) is 25.4. The van der Waals surface area contributed by atoms with Crippen LogP contribution in [0, 0.1) is 0 Å². The lowest BCUT2D eigenvalue weighted by Crippen LogP contribution is -2.50. The Morgan fingerprint density at radius 3 is 2.69 bits per heavy atom. The van der Waals surface area contributed by atoms with Crippen LogP contribution in [0.3, 0.4) is 0 Å². The summed E-state index contributed by atoms with van der Waals surface area (Å²) in [6.45, 7) is 6.96. The first-order valence-corrected chi connectivity index (χ1v) is 11.1. The van der Waals surface area contributed by atoms with Crippen molar-refractivity contribution in [2.24, 2.45) is 4.99 Å². The molecule has 3 heterocycles. The van der Waals surface area contributed by atoms with Crippen molar-refractivity contribution < 1.29 is 4.79 Å². The molecule has 3 rings (SSSR count). The number of aromatic nitrogens is 1. The van der Waals surface area contributed by atoms with Crippen LogP contribution in [-0.4, -0.2) is 78.6 Å². The highest BCUT2D eigenvalue weighted by Gasteiger charge is 2.29. The zero-order valence-electron chi connectivity index (χ0n) is 17.4. The number of hydrogen-bond acceptors (Lipinski definition) is 5. The van der Waals surface area contributed by atoms with Gasteiger partial charge in [0.25, 0.3) is 0 Å². The van der Waals surface area contributed by atoms with Gasteiger partial charge in [-0.15, -0.1) is 24.0 Å². The second kappa shape index (κ2) is 11.8. The Morgan fingerprint density at radius 2 is 2.07 bits per heavy atom. The molecule has 2 N–H and O–H groups in total. The van der Waals surface area contributed by atoms with Crippen LogP contribution in [0.4, 0.5) is 5.82 Å². The van der Waals surface area contributed by atoms with Crippen LogP contribution < -0.4 is 15.5 Å². The summed E-state index contributed by atoms with van der Waals surface area (Å²) in [7, 11) is 1.78. The van der Waals surface area contributed by atoms with Gasteiger partial charge in [0, 0.05) is 63.7 Å². The van der Waals surface area contributed by atoms with Crippen LogP contribution in [0.25, 0.3) is 0 Å². The van der Waals surface area contributed by atoms with Crippen molar-refractivity contribution in [3.63, 3.8) is 0 Å². The summed E-state index contributed by atoms with van der Waals surface area (Å²) in [6.07, 6.45) is 4.82. The Morgan fingerprint density at radius 1 is 1.28 bits per heavy atom. The number of carbonyl (C=O) groups excluding carboxylic acids is 1. The molecule has 2 aliphatic heterocycles. The van der Waals surface area contributed by atoms with Crippen LogP contribution in [0.1, 0.15) is 26.2 Å². The number of piperazine rings is 1. The summed E-state index contributed by atoms with van der Waals surface area (Å²) in [5, 5.41) is 6.69. The maximum absolute atomic E-state index is 12.5. The lowest BCUT2D eigenvalue weighted by Gasteiger charge is -2.35. The first-order valence-electron chi connectivity index (χ1n) is 10.1. The smallest absolute Gasteiger partial charge is 0.224 e. The van der Waals surface area contributed by atoms with Gasteiger partial charge in [-0.1, -0.05) is 6.07 Å². The van der Waals surface area contributed by atoms with Crippen LogP contribution >= 0.6 is 35.7 Å². The zero-order chi connectivity index (χ0) is 19.8. The number of aliphatic imine (C=N–C) groups is 1. The Hall–Kier alpha value is -1.23. The third kappa shape index (κ3) is 7.20. The van der Waals surface area contributed by atoms with Crippen molar-refractivity contribution in [1.29, 1.82) is 0 Å². The van der Waals surface area contributed by atoms with Gasteiger partial charge in [-0.05, 0) is 37.7 Å². The van der Waals surface area contributed by atoms with Crippen LogP contribution in [-0.2, 0) is 4.79 Å². The molecule has 162 valence electrons. The van der Waals surface area contributed by atoms with Gasteiger partial charge >= 0.3 is 0 Å². The molecule has 0 spiro atoms. The molecule has 2 fully saturated rings. The molecule has 0 aliphatic carbocycles. The van der Waals surface area contributed by atoms with Gasteiger partial charge in [0.15, 0.2) is 5.96 Å². The number of rotatable bonds is 6. The molecular formula is C20H33IN6OS. The van der Waals surface area contributed by atoms with E-state index in [1.807, 2.05) is 41.1 Å². The van der Waals surface area contributed by atoms with Gasteiger partial charge in [0.2, 0.25) is 5.91 Å². The van der Waals surface area contributed by atoms with Crippen molar-refractivity contribution >= 4 is 53.4 Å². The van der Waals surface area contributed by atoms with E-state index >= 15 is 0 Å². The fourth-order valence-electron chi connectivity index (χ4n) is 3.64. The maximum Gasteiger partial charge on any atom is 0.224 e. The quantitative estimate of drug-likeness (QED) is 0.333. The molecule has 2 saturated heterocycles. The highest BCUT2D eigenvalue weighted by molar-refractivity contribution is 14.0. The van der Waals surface area contributed by atoms with Crippen molar-refractivity contribution in [2.45, 2.75) is 30.9 Å². The third-order valence-electron chi connectivity index (χ3n) is 5.39. The Bertz CT molecular complexity index is 660. The number of amides is 1. The van der Waals surface area contributed by atoms with Gasteiger partial charge in [0.05, 0.1) is 0 Å². The van der Waals surface area contributed by atoms with E-state index in [0.29, 0.717) is 17.7 Å². The normalized spacial score (nSPS) is 22.2. The summed E-state index contributed by atoms with van der Waals surface area (Å²) in [5.74, 6) is 3.20. The largest absolute Gasteiger partial charge is 0.356 e. The summed E-state index contributed by atoms with van der Waals surface area (Å²) >= 11 is 2.03. The Kier molecular flexibility index (Phi) is 9.81. The van der Waals surface area contributed by atoms with E-state index in [0.717, 1.165) is 44.5 Å². The summed E-state index contributed by atoms with van der Waals surface area (Å²) in [5.41, 5.74) is 0. The highest BCUT2D eigenvalue weighted by Crippen LogP contribution is 2.36. The average molecular weight is 532 g/mol. The molecule has 1 unspecified atom stereocenters. The van der Waals surface area contributed by atoms with E-state index in [2.05, 4.69) is 32.4 Å². The molecule has 0 radical (unpaired) electrons. The highest BCUT2D eigenvalue weighted by atomic mass is 127. The van der Waals surface area contributed by atoms with E-state index in [1.165, 1.54) is 18.6 Å². The second-order valence-corrected chi connectivity index (χ2v) is 9.24. The molecule has 1 aromatic heterocycles. The maximum atomic E-state index is 12.5. The summed E-state index contributed by atoms with van der Waals surface area (Å²) in [6, 6.07) is 5.94. The molecular weight excluding hydrogens is 499 g/mol. The minimum Gasteiger partial charge on any atom is -0.356 e. The SMILES string of the molecule is CN=C(NCCC(=O)N1CCN(c2ccccn2)CC1)NCC1(C)CCCS1.I. The molecule has 1 amide bonds. The second-order valence-electron chi connectivity index (χ2n) is 7.56. The van der Waals surface area contributed by atoms with E-state index in [9.17, 15) is 4.79 Å². The predicted octanol–water partition coefficient (Wildman–Crippen LogP) is 2.19. The Balaban J connectivity index is 0.00000300. The van der Waals surface area contributed by atoms with Gasteiger partial charge in [-0.25, -0.2) is 4.98 Å². The summed E-state index contributed by atoms with van der Waals surface area (Å²) < 4.78 is 0.292. The van der Waals surface area contributed by atoms with Gasteiger partial charge in [-0.2, -0.15) is 11.8 Å². The average Bonchev–Trinajstić information content (AvgIpc) is 3.18. The van der Waals surface area contributed by atoms with Crippen LogP contribution in [0.2, 0.25) is 0 Å². The fourth-order valence-corrected chi connectivity index (χ4v) is 4.88. The zero-order valence-corrected chi connectivity index (χ0v) is 20.5. The lowest BCUT2D eigenvalue weighted by atomic mass is 10.1. The molecule has 0 bridgehead atoms. The molecule has 9 heteroatoms.